The van der Waals surface area contributed by atoms with E-state index in [-0.39, 0.29) is 12.5 Å². The first-order valence-corrected chi connectivity index (χ1v) is 9.89. The van der Waals surface area contributed by atoms with Gasteiger partial charge in [0.1, 0.15) is 5.75 Å². The molecule has 0 unspecified atom stereocenters. The molecule has 0 spiro atoms. The van der Waals surface area contributed by atoms with E-state index in [2.05, 4.69) is 33.3 Å². The Morgan fingerprint density at radius 2 is 1.73 bits per heavy atom. The van der Waals surface area contributed by atoms with Crippen LogP contribution in [-0.4, -0.2) is 23.3 Å². The van der Waals surface area contributed by atoms with Crippen molar-refractivity contribution in [3.05, 3.63) is 101 Å². The minimum absolute atomic E-state index is 0.130. The van der Waals surface area contributed by atoms with Gasteiger partial charge in [0.2, 0.25) is 0 Å². The van der Waals surface area contributed by atoms with Crippen LogP contribution in [-0.2, 0) is 11.3 Å². The van der Waals surface area contributed by atoms with Crippen LogP contribution in [0.3, 0.4) is 0 Å². The number of carbonyl (C=O) groups excluding carboxylic acids is 1. The topological polar surface area (TPSA) is 55.6 Å². The van der Waals surface area contributed by atoms with Crippen molar-refractivity contribution >= 4 is 34.6 Å². The van der Waals surface area contributed by atoms with E-state index in [0.29, 0.717) is 10.8 Å². The van der Waals surface area contributed by atoms with Crippen LogP contribution >= 0.6 is 11.6 Å². The fourth-order valence-corrected chi connectivity index (χ4v) is 3.30. The van der Waals surface area contributed by atoms with Gasteiger partial charge in [-0.2, -0.15) is 5.10 Å². The highest BCUT2D eigenvalue weighted by molar-refractivity contribution is 6.30. The van der Waals surface area contributed by atoms with E-state index in [1.54, 1.807) is 30.5 Å². The number of carbonyl (C=O) groups is 1. The number of hydrazone groups is 1. The molecule has 0 aliphatic heterocycles. The number of rotatable bonds is 7. The maximum Gasteiger partial charge on any atom is 0.277 e. The van der Waals surface area contributed by atoms with E-state index >= 15 is 0 Å². The van der Waals surface area contributed by atoms with Gasteiger partial charge in [0.25, 0.3) is 5.91 Å². The average Bonchev–Trinajstić information content (AvgIpc) is 3.12. The predicted molar refractivity (Wildman–Crippen MR) is 120 cm³/mol. The first-order valence-electron chi connectivity index (χ1n) is 9.51. The maximum atomic E-state index is 12.0. The molecule has 0 saturated heterocycles. The lowest BCUT2D eigenvalue weighted by Gasteiger charge is -2.05. The van der Waals surface area contributed by atoms with Crippen molar-refractivity contribution in [2.75, 3.05) is 6.61 Å². The van der Waals surface area contributed by atoms with Gasteiger partial charge in [0, 0.05) is 34.2 Å². The summed E-state index contributed by atoms with van der Waals surface area (Å²) in [5, 5.41) is 5.79. The number of nitrogens with zero attached hydrogens (tertiary/aromatic N) is 2. The third kappa shape index (κ3) is 4.88. The molecule has 0 bridgehead atoms. The highest BCUT2D eigenvalue weighted by Crippen LogP contribution is 2.21. The standard InChI is InChI=1S/C24H20ClN3O2/c25-20-10-12-21(13-11-20)30-17-24(29)27-26-14-19-16-28(15-18-6-2-1-3-7-18)23-9-5-4-8-22(19)23/h1-14,16H,15,17H2,(H,27,29)/b26-14-. The predicted octanol–water partition coefficient (Wildman–Crippen LogP) is 4.87. The summed E-state index contributed by atoms with van der Waals surface area (Å²) < 4.78 is 7.60. The number of fused-ring (bicyclic) bond motifs is 1. The van der Waals surface area contributed by atoms with Gasteiger partial charge in [-0.25, -0.2) is 5.43 Å². The third-order valence-corrected chi connectivity index (χ3v) is 4.84. The Balaban J connectivity index is 1.42. The van der Waals surface area contributed by atoms with Crippen LogP contribution in [0.1, 0.15) is 11.1 Å². The summed E-state index contributed by atoms with van der Waals surface area (Å²) >= 11 is 5.83. The van der Waals surface area contributed by atoms with Crippen molar-refractivity contribution in [3.8, 4) is 5.75 Å². The van der Waals surface area contributed by atoms with E-state index < -0.39 is 0 Å². The lowest BCUT2D eigenvalue weighted by atomic mass is 10.2. The molecule has 0 radical (unpaired) electrons. The van der Waals surface area contributed by atoms with Gasteiger partial charge in [-0.1, -0.05) is 60.1 Å². The van der Waals surface area contributed by atoms with Crippen LogP contribution in [0.4, 0.5) is 0 Å². The van der Waals surface area contributed by atoms with Gasteiger partial charge in [0.05, 0.1) is 6.21 Å². The molecule has 30 heavy (non-hydrogen) atoms. The number of hydrogen-bond donors (Lipinski definition) is 1. The average molecular weight is 418 g/mol. The van der Waals surface area contributed by atoms with Gasteiger partial charge in [0.15, 0.2) is 6.61 Å². The number of aromatic nitrogens is 1. The lowest BCUT2D eigenvalue weighted by Crippen LogP contribution is -2.24. The number of ether oxygens (including phenoxy) is 1. The molecule has 6 heteroatoms. The Bertz CT molecular complexity index is 1170. The van der Waals surface area contributed by atoms with Crippen LogP contribution in [0.25, 0.3) is 10.9 Å². The summed E-state index contributed by atoms with van der Waals surface area (Å²) in [6.07, 6.45) is 3.70. The molecule has 0 atom stereocenters. The van der Waals surface area contributed by atoms with E-state index in [4.69, 9.17) is 16.3 Å². The molecule has 1 heterocycles. The van der Waals surface area contributed by atoms with Crippen LogP contribution in [0.15, 0.2) is 90.2 Å². The normalized spacial score (nSPS) is 11.1. The summed E-state index contributed by atoms with van der Waals surface area (Å²) in [5.41, 5.74) is 5.77. The number of amides is 1. The van der Waals surface area contributed by atoms with Crippen molar-refractivity contribution in [1.82, 2.24) is 9.99 Å². The summed E-state index contributed by atoms with van der Waals surface area (Å²) in [6, 6.07) is 25.2. The van der Waals surface area contributed by atoms with E-state index in [0.717, 1.165) is 23.0 Å². The quantitative estimate of drug-likeness (QED) is 0.344. The number of hydrogen-bond acceptors (Lipinski definition) is 3. The molecule has 1 amide bonds. The van der Waals surface area contributed by atoms with Gasteiger partial charge in [-0.3, -0.25) is 4.79 Å². The zero-order chi connectivity index (χ0) is 20.8. The van der Waals surface area contributed by atoms with E-state index in [1.165, 1.54) is 5.56 Å². The molecule has 4 rings (SSSR count). The van der Waals surface area contributed by atoms with Crippen LogP contribution in [0.2, 0.25) is 5.02 Å². The Morgan fingerprint density at radius 3 is 2.53 bits per heavy atom. The highest BCUT2D eigenvalue weighted by atomic mass is 35.5. The Kier molecular flexibility index (Phi) is 6.11. The summed E-state index contributed by atoms with van der Waals surface area (Å²) in [7, 11) is 0. The first-order chi connectivity index (χ1) is 14.7. The number of nitrogens with one attached hydrogen (secondary N) is 1. The van der Waals surface area contributed by atoms with Crippen LogP contribution in [0.5, 0.6) is 5.75 Å². The molecule has 5 nitrogen and oxygen atoms in total. The van der Waals surface area contributed by atoms with Crippen molar-refractivity contribution < 1.29 is 9.53 Å². The van der Waals surface area contributed by atoms with Crippen molar-refractivity contribution in [3.63, 3.8) is 0 Å². The first kappa shape index (κ1) is 19.7. The molecular formula is C24H20ClN3O2. The second-order valence-electron chi connectivity index (χ2n) is 6.75. The second-order valence-corrected chi connectivity index (χ2v) is 7.19. The molecule has 3 aromatic carbocycles. The van der Waals surface area contributed by atoms with E-state index in [9.17, 15) is 4.79 Å². The Morgan fingerprint density at radius 1 is 1.00 bits per heavy atom. The number of benzene rings is 3. The van der Waals surface area contributed by atoms with Gasteiger partial charge in [-0.05, 0) is 35.9 Å². The minimum Gasteiger partial charge on any atom is -0.484 e. The summed E-state index contributed by atoms with van der Waals surface area (Å²) in [5.74, 6) is 0.233. The number of halogens is 1. The third-order valence-electron chi connectivity index (χ3n) is 4.59. The molecule has 0 aliphatic carbocycles. The second kappa shape index (κ2) is 9.29. The molecule has 1 N–H and O–H groups in total. The fraction of sp³-hybridized carbons (Fsp3) is 0.0833. The Hall–Kier alpha value is -3.57. The van der Waals surface area contributed by atoms with Crippen molar-refractivity contribution in [2.45, 2.75) is 6.54 Å². The van der Waals surface area contributed by atoms with Crippen LogP contribution in [0, 0.1) is 0 Å². The molecular weight excluding hydrogens is 398 g/mol. The van der Waals surface area contributed by atoms with Crippen molar-refractivity contribution in [2.24, 2.45) is 5.10 Å². The Labute approximate surface area is 179 Å². The lowest BCUT2D eigenvalue weighted by molar-refractivity contribution is -0.123. The zero-order valence-electron chi connectivity index (χ0n) is 16.2. The van der Waals surface area contributed by atoms with Gasteiger partial charge in [-0.15, -0.1) is 0 Å². The summed E-state index contributed by atoms with van der Waals surface area (Å²) in [4.78, 5) is 12.0. The molecule has 150 valence electrons. The minimum atomic E-state index is -0.339. The fourth-order valence-electron chi connectivity index (χ4n) is 3.17. The van der Waals surface area contributed by atoms with E-state index in [1.807, 2.05) is 42.6 Å². The molecule has 0 aliphatic rings. The smallest absolute Gasteiger partial charge is 0.277 e. The zero-order valence-corrected chi connectivity index (χ0v) is 16.9. The monoisotopic (exact) mass is 417 g/mol. The maximum absolute atomic E-state index is 12.0. The van der Waals surface area contributed by atoms with Gasteiger partial charge >= 0.3 is 0 Å². The SMILES string of the molecule is O=C(COc1ccc(Cl)cc1)N/N=C\c1cn(Cc2ccccc2)c2ccccc12. The summed E-state index contributed by atoms with van der Waals surface area (Å²) in [6.45, 7) is 0.630. The van der Waals surface area contributed by atoms with Crippen LogP contribution < -0.4 is 10.2 Å². The molecule has 1 aromatic heterocycles. The van der Waals surface area contributed by atoms with Crippen molar-refractivity contribution in [1.29, 1.82) is 0 Å². The number of para-hydroxylation sites is 1. The molecule has 0 saturated carbocycles. The largest absolute Gasteiger partial charge is 0.484 e. The highest BCUT2D eigenvalue weighted by Gasteiger charge is 2.07. The molecule has 4 aromatic rings. The van der Waals surface area contributed by atoms with Gasteiger partial charge < -0.3 is 9.30 Å². The molecule has 0 fully saturated rings.